The Morgan fingerprint density at radius 1 is 0.926 bits per heavy atom. The number of carbonyl (C=O) groups excluding carboxylic acids is 2. The predicted molar refractivity (Wildman–Crippen MR) is 107 cm³/mol. The molecule has 6 nitrogen and oxygen atoms in total. The van der Waals surface area contributed by atoms with E-state index < -0.39 is 0 Å². The molecule has 2 aromatic carbocycles. The molecule has 3 N–H and O–H groups in total. The molecule has 0 bridgehead atoms. The average Bonchev–Trinajstić information content (AvgIpc) is 3.31. The highest BCUT2D eigenvalue weighted by Gasteiger charge is 2.23. The lowest BCUT2D eigenvalue weighted by Gasteiger charge is -2.08. The number of rotatable bonds is 5. The molecule has 0 radical (unpaired) electrons. The maximum absolute atomic E-state index is 12.4. The van der Waals surface area contributed by atoms with Crippen molar-refractivity contribution < 1.29 is 9.59 Å². The predicted octanol–water partition coefficient (Wildman–Crippen LogP) is 4.35. The largest absolute Gasteiger partial charge is 0.335 e. The molecule has 1 aliphatic carbocycles. The number of urea groups is 1. The van der Waals surface area contributed by atoms with Gasteiger partial charge in [-0.25, -0.2) is 9.78 Å². The molecule has 3 aromatic rings. The van der Waals surface area contributed by atoms with Crippen LogP contribution < -0.4 is 16.0 Å². The van der Waals surface area contributed by atoms with E-state index in [9.17, 15) is 9.59 Å². The quantitative estimate of drug-likeness (QED) is 0.617. The number of nitrogens with zero attached hydrogens (tertiary/aromatic N) is 1. The van der Waals surface area contributed by atoms with Crippen molar-refractivity contribution in [3.05, 3.63) is 65.7 Å². The van der Waals surface area contributed by atoms with E-state index in [0.717, 1.165) is 23.4 Å². The molecule has 27 heavy (non-hydrogen) atoms. The fourth-order valence-corrected chi connectivity index (χ4v) is 3.20. The zero-order chi connectivity index (χ0) is 18.6. The van der Waals surface area contributed by atoms with Crippen LogP contribution in [-0.2, 0) is 0 Å². The molecule has 7 heteroatoms. The number of hydrogen-bond acceptors (Lipinski definition) is 4. The number of benzene rings is 2. The van der Waals surface area contributed by atoms with Crippen molar-refractivity contribution in [2.45, 2.75) is 18.9 Å². The SMILES string of the molecule is O=C(Nc1ccc(C(=O)Nc2ccc(-c3nccs3)cc2)cc1)NC1CC1. The van der Waals surface area contributed by atoms with E-state index in [-0.39, 0.29) is 11.9 Å². The van der Waals surface area contributed by atoms with Crippen molar-refractivity contribution in [1.29, 1.82) is 0 Å². The van der Waals surface area contributed by atoms with Crippen molar-refractivity contribution in [3.8, 4) is 10.6 Å². The number of anilines is 2. The highest BCUT2D eigenvalue weighted by Crippen LogP contribution is 2.23. The summed E-state index contributed by atoms with van der Waals surface area (Å²) in [5, 5.41) is 11.4. The number of amides is 3. The second-order valence-electron chi connectivity index (χ2n) is 6.32. The van der Waals surface area contributed by atoms with Crippen LogP contribution in [0.1, 0.15) is 23.2 Å². The van der Waals surface area contributed by atoms with Gasteiger partial charge in [-0.1, -0.05) is 0 Å². The third-order valence-corrected chi connectivity index (χ3v) is 4.96. The summed E-state index contributed by atoms with van der Waals surface area (Å²) in [6.07, 6.45) is 3.85. The van der Waals surface area contributed by atoms with E-state index in [2.05, 4.69) is 20.9 Å². The lowest BCUT2D eigenvalue weighted by atomic mass is 10.1. The Morgan fingerprint density at radius 2 is 1.59 bits per heavy atom. The number of carbonyl (C=O) groups is 2. The highest BCUT2D eigenvalue weighted by molar-refractivity contribution is 7.13. The van der Waals surface area contributed by atoms with Gasteiger partial charge in [-0.05, 0) is 61.4 Å². The number of nitrogens with one attached hydrogen (secondary N) is 3. The number of hydrogen-bond donors (Lipinski definition) is 3. The summed E-state index contributed by atoms with van der Waals surface area (Å²) < 4.78 is 0. The van der Waals surface area contributed by atoms with Gasteiger partial charge in [-0.15, -0.1) is 11.3 Å². The first-order valence-corrected chi connectivity index (χ1v) is 9.54. The van der Waals surface area contributed by atoms with E-state index in [1.165, 1.54) is 0 Å². The van der Waals surface area contributed by atoms with Crippen molar-refractivity contribution in [2.24, 2.45) is 0 Å². The minimum Gasteiger partial charge on any atom is -0.335 e. The summed E-state index contributed by atoms with van der Waals surface area (Å²) >= 11 is 1.57. The fraction of sp³-hybridized carbons (Fsp3) is 0.150. The minimum absolute atomic E-state index is 0.203. The van der Waals surface area contributed by atoms with E-state index in [1.807, 2.05) is 29.6 Å². The Kier molecular flexibility index (Phi) is 4.84. The van der Waals surface area contributed by atoms with Crippen molar-refractivity contribution in [1.82, 2.24) is 10.3 Å². The Balaban J connectivity index is 1.35. The molecule has 136 valence electrons. The van der Waals surface area contributed by atoms with Crippen molar-refractivity contribution in [2.75, 3.05) is 10.6 Å². The van der Waals surface area contributed by atoms with Gasteiger partial charge >= 0.3 is 6.03 Å². The van der Waals surface area contributed by atoms with E-state index in [4.69, 9.17) is 0 Å². The maximum atomic E-state index is 12.4. The van der Waals surface area contributed by atoms with Crippen LogP contribution in [0.2, 0.25) is 0 Å². The zero-order valence-corrected chi connectivity index (χ0v) is 15.3. The van der Waals surface area contributed by atoms with Gasteiger partial charge in [-0.2, -0.15) is 0 Å². The van der Waals surface area contributed by atoms with Gasteiger partial charge in [0.1, 0.15) is 5.01 Å². The maximum Gasteiger partial charge on any atom is 0.319 e. The molecule has 4 rings (SSSR count). The Morgan fingerprint density at radius 3 is 2.22 bits per heavy atom. The van der Waals surface area contributed by atoms with Crippen LogP contribution in [0.4, 0.5) is 16.2 Å². The van der Waals surface area contributed by atoms with Crippen LogP contribution in [0, 0.1) is 0 Å². The van der Waals surface area contributed by atoms with Gasteiger partial charge in [0.15, 0.2) is 0 Å². The molecule has 0 saturated heterocycles. The van der Waals surface area contributed by atoms with E-state index in [1.54, 1.807) is 41.8 Å². The van der Waals surface area contributed by atoms with Gasteiger partial charge < -0.3 is 16.0 Å². The Labute approximate surface area is 160 Å². The third-order valence-electron chi connectivity index (χ3n) is 4.14. The van der Waals surface area contributed by atoms with Gasteiger partial charge in [-0.3, -0.25) is 4.79 Å². The van der Waals surface area contributed by atoms with Crippen LogP contribution in [0.5, 0.6) is 0 Å². The molecule has 1 aliphatic rings. The average molecular weight is 378 g/mol. The first-order valence-electron chi connectivity index (χ1n) is 8.66. The van der Waals surface area contributed by atoms with Gasteiger partial charge in [0.2, 0.25) is 0 Å². The summed E-state index contributed by atoms with van der Waals surface area (Å²) in [7, 11) is 0. The summed E-state index contributed by atoms with van der Waals surface area (Å²) in [5.41, 5.74) is 2.90. The summed E-state index contributed by atoms with van der Waals surface area (Å²) in [6.45, 7) is 0. The first kappa shape index (κ1) is 17.2. The van der Waals surface area contributed by atoms with Crippen LogP contribution in [0.3, 0.4) is 0 Å². The third kappa shape index (κ3) is 4.51. The van der Waals surface area contributed by atoms with Crippen LogP contribution in [-0.4, -0.2) is 23.0 Å². The standard InChI is InChI=1S/C20H18N4O2S/c25-18(22-15-7-3-14(4-8-15)19-21-11-12-27-19)13-1-5-16(6-2-13)23-20(26)24-17-9-10-17/h1-8,11-12,17H,9-10H2,(H,22,25)(H2,23,24,26). The molecular formula is C20H18N4O2S. The second-order valence-corrected chi connectivity index (χ2v) is 7.21. The molecule has 1 aromatic heterocycles. The molecule has 0 atom stereocenters. The zero-order valence-electron chi connectivity index (χ0n) is 14.4. The van der Waals surface area contributed by atoms with Gasteiger partial charge in [0, 0.05) is 40.1 Å². The smallest absolute Gasteiger partial charge is 0.319 e. The monoisotopic (exact) mass is 378 g/mol. The van der Waals surface area contributed by atoms with Crippen molar-refractivity contribution >= 4 is 34.6 Å². The molecule has 1 fully saturated rings. The summed E-state index contributed by atoms with van der Waals surface area (Å²) in [6, 6.07) is 14.5. The van der Waals surface area contributed by atoms with Crippen molar-refractivity contribution in [3.63, 3.8) is 0 Å². The lowest BCUT2D eigenvalue weighted by molar-refractivity contribution is 0.102. The summed E-state index contributed by atoms with van der Waals surface area (Å²) in [5.74, 6) is -0.203. The Bertz CT molecular complexity index is 933. The number of aromatic nitrogens is 1. The van der Waals surface area contributed by atoms with Crippen LogP contribution >= 0.6 is 11.3 Å². The molecule has 0 aliphatic heterocycles. The normalized spacial score (nSPS) is 13.0. The Hall–Kier alpha value is -3.19. The molecule has 3 amide bonds. The van der Waals surface area contributed by atoms with Crippen LogP contribution in [0.15, 0.2) is 60.1 Å². The van der Waals surface area contributed by atoms with E-state index in [0.29, 0.717) is 23.0 Å². The molecule has 0 unspecified atom stereocenters. The number of thiazole rings is 1. The molecular weight excluding hydrogens is 360 g/mol. The lowest BCUT2D eigenvalue weighted by Crippen LogP contribution is -2.30. The molecule has 1 heterocycles. The highest BCUT2D eigenvalue weighted by atomic mass is 32.1. The van der Waals surface area contributed by atoms with Crippen LogP contribution in [0.25, 0.3) is 10.6 Å². The topological polar surface area (TPSA) is 83.1 Å². The molecule has 1 saturated carbocycles. The minimum atomic E-state index is -0.213. The van der Waals surface area contributed by atoms with Gasteiger partial charge in [0.25, 0.3) is 5.91 Å². The molecule has 0 spiro atoms. The van der Waals surface area contributed by atoms with Gasteiger partial charge in [0.05, 0.1) is 0 Å². The first-order chi connectivity index (χ1) is 13.2. The fourth-order valence-electron chi connectivity index (χ4n) is 2.55. The van der Waals surface area contributed by atoms with E-state index >= 15 is 0 Å². The summed E-state index contributed by atoms with van der Waals surface area (Å²) in [4.78, 5) is 28.4. The second kappa shape index (κ2) is 7.59.